The molecule has 5 rings (SSSR count). The maximum atomic E-state index is 13.9. The summed E-state index contributed by atoms with van der Waals surface area (Å²) in [4.78, 5) is 33.3. The molecular weight excluding hydrogens is 502 g/mol. The van der Waals surface area contributed by atoms with E-state index in [0.717, 1.165) is 38.2 Å². The average Bonchev–Trinajstić information content (AvgIpc) is 3.29. The largest absolute Gasteiger partial charge is 0.372 e. The number of ether oxygens (including phenoxy) is 1. The average molecular weight is 534 g/mol. The number of hydrogen-bond donors (Lipinski definition) is 1. The Morgan fingerprint density at radius 3 is 2.54 bits per heavy atom. The zero-order chi connectivity index (χ0) is 25.8. The normalized spacial score (nSPS) is 15.2. The molecule has 0 saturated carbocycles. The topological polar surface area (TPSA) is 73.2 Å². The van der Waals surface area contributed by atoms with Gasteiger partial charge in [-0.15, -0.1) is 11.3 Å². The number of benzene rings is 2. The van der Waals surface area contributed by atoms with Crippen LogP contribution in [0.3, 0.4) is 0 Å². The predicted octanol–water partition coefficient (Wildman–Crippen LogP) is 5.21. The minimum atomic E-state index is -0.0866. The molecule has 1 aliphatic heterocycles. The quantitative estimate of drug-likeness (QED) is 0.236. The van der Waals surface area contributed by atoms with Gasteiger partial charge in [0.15, 0.2) is 5.16 Å². The molecule has 2 aromatic carbocycles. The number of fused-ring (bicyclic) bond motifs is 3. The van der Waals surface area contributed by atoms with Crippen LogP contribution < -0.4 is 10.9 Å². The second-order valence-electron chi connectivity index (χ2n) is 9.62. The molecule has 6 nitrogen and oxygen atoms in total. The van der Waals surface area contributed by atoms with Crippen molar-refractivity contribution in [1.82, 2.24) is 14.9 Å². The number of aryl methyl sites for hydroxylation is 1. The van der Waals surface area contributed by atoms with E-state index in [1.807, 2.05) is 48.5 Å². The third-order valence-electron chi connectivity index (χ3n) is 6.67. The fourth-order valence-electron chi connectivity index (χ4n) is 4.54. The van der Waals surface area contributed by atoms with Gasteiger partial charge in [-0.05, 0) is 29.0 Å². The zero-order valence-electron chi connectivity index (χ0n) is 21.1. The molecule has 1 atom stereocenters. The highest BCUT2D eigenvalue weighted by atomic mass is 32.2. The number of carbonyl (C=O) groups excluding carboxylic acids is 1. The fraction of sp³-hybridized carbons (Fsp3) is 0.345. The van der Waals surface area contributed by atoms with Gasteiger partial charge >= 0.3 is 0 Å². The van der Waals surface area contributed by atoms with Crippen molar-refractivity contribution in [1.29, 1.82) is 0 Å². The van der Waals surface area contributed by atoms with Gasteiger partial charge in [0, 0.05) is 24.4 Å². The number of nitrogens with zero attached hydrogens (tertiary/aromatic N) is 2. The van der Waals surface area contributed by atoms with E-state index in [4.69, 9.17) is 9.72 Å². The molecule has 0 aliphatic carbocycles. The van der Waals surface area contributed by atoms with Crippen molar-refractivity contribution in [3.8, 4) is 0 Å². The summed E-state index contributed by atoms with van der Waals surface area (Å²) in [7, 11) is 0. The number of amides is 1. The van der Waals surface area contributed by atoms with Crippen LogP contribution in [0, 0.1) is 5.92 Å². The summed E-state index contributed by atoms with van der Waals surface area (Å²) < 4.78 is 7.82. The van der Waals surface area contributed by atoms with Gasteiger partial charge in [-0.1, -0.05) is 86.3 Å². The maximum absolute atomic E-state index is 13.9. The predicted molar refractivity (Wildman–Crippen MR) is 150 cm³/mol. The lowest BCUT2D eigenvalue weighted by Gasteiger charge is -2.26. The standard InChI is InChI=1S/C29H31N3O3S2/c1-19(2)23-15-22-24(17-35-23)37-27-26(22)28(34)32(14-13-20-9-5-3-6-10-20)29(31-27)36-18-25(33)30-16-21-11-7-4-8-12-21/h3-12,19,23H,13-18H2,1-2H3,(H,30,33)/t23-/m1/s1. The Labute approximate surface area is 225 Å². The Hall–Kier alpha value is -2.94. The van der Waals surface area contributed by atoms with Crippen LogP contribution in [0.1, 0.15) is 35.4 Å². The molecule has 0 bridgehead atoms. The van der Waals surface area contributed by atoms with Crippen LogP contribution in [0.5, 0.6) is 0 Å². The molecule has 192 valence electrons. The summed E-state index contributed by atoms with van der Waals surface area (Å²) in [6.45, 7) is 5.81. The molecule has 37 heavy (non-hydrogen) atoms. The van der Waals surface area contributed by atoms with E-state index < -0.39 is 0 Å². The summed E-state index contributed by atoms with van der Waals surface area (Å²) in [5.74, 6) is 0.483. The fourth-order valence-corrected chi connectivity index (χ4v) is 6.56. The second-order valence-corrected chi connectivity index (χ2v) is 11.6. The summed E-state index contributed by atoms with van der Waals surface area (Å²) in [6, 6.07) is 20.0. The molecule has 0 spiro atoms. The highest BCUT2D eigenvalue weighted by Gasteiger charge is 2.28. The van der Waals surface area contributed by atoms with Crippen LogP contribution in [0.25, 0.3) is 10.2 Å². The van der Waals surface area contributed by atoms with Gasteiger partial charge in [0.2, 0.25) is 5.91 Å². The van der Waals surface area contributed by atoms with Crippen molar-refractivity contribution in [2.45, 2.75) is 57.6 Å². The second kappa shape index (κ2) is 11.6. The highest BCUT2D eigenvalue weighted by molar-refractivity contribution is 7.99. The lowest BCUT2D eigenvalue weighted by atomic mass is 9.96. The van der Waals surface area contributed by atoms with Gasteiger partial charge in [-0.2, -0.15) is 0 Å². The van der Waals surface area contributed by atoms with Gasteiger partial charge < -0.3 is 10.1 Å². The summed E-state index contributed by atoms with van der Waals surface area (Å²) in [5.41, 5.74) is 3.28. The SMILES string of the molecule is CC(C)[C@H]1Cc2c(sc3nc(SCC(=O)NCc4ccccc4)n(CCc4ccccc4)c(=O)c23)CO1. The van der Waals surface area contributed by atoms with Crippen molar-refractivity contribution >= 4 is 39.2 Å². The molecule has 2 aromatic heterocycles. The molecule has 8 heteroatoms. The van der Waals surface area contributed by atoms with Crippen LogP contribution in [0.15, 0.2) is 70.6 Å². The molecular formula is C29H31N3O3S2. The molecule has 1 aliphatic rings. The van der Waals surface area contributed by atoms with Gasteiger partial charge in [-0.25, -0.2) is 4.98 Å². The first-order chi connectivity index (χ1) is 18.0. The van der Waals surface area contributed by atoms with Crippen molar-refractivity contribution in [2.75, 3.05) is 5.75 Å². The Kier molecular flexibility index (Phi) is 8.08. The van der Waals surface area contributed by atoms with Crippen LogP contribution >= 0.6 is 23.1 Å². The van der Waals surface area contributed by atoms with Crippen LogP contribution in [0.4, 0.5) is 0 Å². The molecule has 0 fully saturated rings. The highest BCUT2D eigenvalue weighted by Crippen LogP contribution is 2.36. The van der Waals surface area contributed by atoms with E-state index >= 15 is 0 Å². The monoisotopic (exact) mass is 533 g/mol. The van der Waals surface area contributed by atoms with Crippen LogP contribution in [0.2, 0.25) is 0 Å². The van der Waals surface area contributed by atoms with Gasteiger partial charge in [0.25, 0.3) is 5.56 Å². The van der Waals surface area contributed by atoms with E-state index in [0.29, 0.717) is 37.2 Å². The van der Waals surface area contributed by atoms with Gasteiger partial charge in [-0.3, -0.25) is 14.2 Å². The van der Waals surface area contributed by atoms with Crippen molar-refractivity contribution in [3.63, 3.8) is 0 Å². The number of aromatic nitrogens is 2. The summed E-state index contributed by atoms with van der Waals surface area (Å²) >= 11 is 2.86. The lowest BCUT2D eigenvalue weighted by molar-refractivity contribution is -0.118. The first-order valence-corrected chi connectivity index (χ1v) is 14.4. The molecule has 1 N–H and O–H groups in total. The molecule has 0 radical (unpaired) electrons. The van der Waals surface area contributed by atoms with Gasteiger partial charge in [0.05, 0.1) is 23.8 Å². The molecule has 1 amide bonds. The molecule has 0 unspecified atom stereocenters. The molecule has 3 heterocycles. The Bertz CT molecular complexity index is 1430. The maximum Gasteiger partial charge on any atom is 0.263 e. The first kappa shape index (κ1) is 25.7. The number of thiophene rings is 1. The van der Waals surface area contributed by atoms with E-state index in [1.54, 1.807) is 15.9 Å². The number of nitrogens with one attached hydrogen (secondary N) is 1. The van der Waals surface area contributed by atoms with Crippen molar-refractivity contribution in [2.24, 2.45) is 5.92 Å². The molecule has 4 aromatic rings. The first-order valence-electron chi connectivity index (χ1n) is 12.6. The van der Waals surface area contributed by atoms with E-state index in [-0.39, 0.29) is 23.3 Å². The van der Waals surface area contributed by atoms with Crippen LogP contribution in [-0.4, -0.2) is 27.3 Å². The number of thioether (sulfide) groups is 1. The number of hydrogen-bond acceptors (Lipinski definition) is 6. The summed E-state index contributed by atoms with van der Waals surface area (Å²) in [5, 5.41) is 4.27. The van der Waals surface area contributed by atoms with Crippen molar-refractivity contribution < 1.29 is 9.53 Å². The lowest BCUT2D eigenvalue weighted by Crippen LogP contribution is -2.29. The number of rotatable bonds is 9. The molecule has 0 saturated heterocycles. The Morgan fingerprint density at radius 2 is 1.84 bits per heavy atom. The third-order valence-corrected chi connectivity index (χ3v) is 8.74. The van der Waals surface area contributed by atoms with E-state index in [9.17, 15) is 9.59 Å². The minimum absolute atomic E-state index is 0.0185. The summed E-state index contributed by atoms with van der Waals surface area (Å²) in [6.07, 6.45) is 1.55. The Balaban J connectivity index is 1.41. The minimum Gasteiger partial charge on any atom is -0.372 e. The smallest absolute Gasteiger partial charge is 0.263 e. The van der Waals surface area contributed by atoms with E-state index in [1.165, 1.54) is 11.8 Å². The van der Waals surface area contributed by atoms with Crippen LogP contribution in [-0.2, 0) is 42.1 Å². The van der Waals surface area contributed by atoms with Crippen molar-refractivity contribution in [3.05, 3.63) is 92.6 Å². The van der Waals surface area contributed by atoms with Gasteiger partial charge in [0.1, 0.15) is 4.83 Å². The third kappa shape index (κ3) is 5.98. The van der Waals surface area contributed by atoms with E-state index in [2.05, 4.69) is 31.3 Å². The zero-order valence-corrected chi connectivity index (χ0v) is 22.7. The Morgan fingerprint density at radius 1 is 1.14 bits per heavy atom. The number of carbonyl (C=O) groups is 1.